The van der Waals surface area contributed by atoms with Crippen molar-refractivity contribution < 1.29 is 14.4 Å². The number of urea groups is 1. The van der Waals surface area contributed by atoms with Gasteiger partial charge in [0.15, 0.2) is 0 Å². The highest BCUT2D eigenvalue weighted by Gasteiger charge is 2.37. The van der Waals surface area contributed by atoms with Gasteiger partial charge in [0.05, 0.1) is 22.3 Å². The van der Waals surface area contributed by atoms with Crippen LogP contribution in [0.1, 0.15) is 68.9 Å². The number of aromatic nitrogens is 3. The number of nitrogens with zero attached hydrogens (tertiary/aromatic N) is 4. The lowest BCUT2D eigenvalue weighted by atomic mass is 9.89. The van der Waals surface area contributed by atoms with Crippen molar-refractivity contribution in [2.24, 2.45) is 5.73 Å². The maximum Gasteiger partial charge on any atom is 0.326 e. The van der Waals surface area contributed by atoms with E-state index < -0.39 is 23.5 Å². The number of likely N-dealkylation sites (tertiary alicyclic amines) is 2. The molecule has 2 aromatic heterocycles. The van der Waals surface area contributed by atoms with Crippen molar-refractivity contribution in [1.82, 2.24) is 35.0 Å². The van der Waals surface area contributed by atoms with E-state index in [2.05, 4.69) is 52.5 Å². The number of hydrogen-bond acceptors (Lipinski definition) is 7. The van der Waals surface area contributed by atoms with E-state index in [1.807, 2.05) is 60.4 Å². The topological polar surface area (TPSA) is 184 Å². The molecule has 0 aliphatic carbocycles. The highest BCUT2D eigenvalue weighted by molar-refractivity contribution is 9.11. The van der Waals surface area contributed by atoms with Crippen molar-refractivity contribution in [3.63, 3.8) is 0 Å². The molecule has 7 N–H and O–H groups in total. The molecular formula is C39H49Br2N9O4. The number of H-pyrrole nitrogens is 1. The number of pyridine rings is 1. The van der Waals surface area contributed by atoms with Crippen LogP contribution in [0.15, 0.2) is 74.7 Å². The first-order valence-electron chi connectivity index (χ1n) is 18.7. The number of rotatable bonds is 12. The summed E-state index contributed by atoms with van der Waals surface area (Å²) in [4.78, 5) is 65.9. The van der Waals surface area contributed by atoms with Crippen LogP contribution < -0.4 is 27.8 Å². The quantitative estimate of drug-likeness (QED) is 0.0983. The van der Waals surface area contributed by atoms with Crippen LogP contribution >= 0.6 is 31.9 Å². The van der Waals surface area contributed by atoms with E-state index >= 15 is 0 Å². The van der Waals surface area contributed by atoms with Gasteiger partial charge in [0, 0.05) is 53.9 Å². The summed E-state index contributed by atoms with van der Waals surface area (Å²) >= 11 is 7.00. The molecule has 0 saturated carbocycles. The predicted molar refractivity (Wildman–Crippen MR) is 217 cm³/mol. The normalized spacial score (nSPS) is 17.3. The first-order chi connectivity index (χ1) is 26.0. The number of anilines is 1. The highest BCUT2D eigenvalue weighted by atomic mass is 79.9. The Balaban J connectivity index is 1.17. The van der Waals surface area contributed by atoms with Gasteiger partial charge in [-0.3, -0.25) is 19.1 Å². The Kier molecular flexibility index (Phi) is 12.8. The number of aromatic amines is 1. The maximum absolute atomic E-state index is 14.3. The van der Waals surface area contributed by atoms with Gasteiger partial charge in [0.1, 0.15) is 12.1 Å². The molecule has 2 aromatic carbocycles. The molecule has 2 fully saturated rings. The number of nitrogens with one attached hydrogen (secondary N) is 3. The molecule has 6 rings (SSSR count). The van der Waals surface area contributed by atoms with Gasteiger partial charge in [-0.2, -0.15) is 0 Å². The summed E-state index contributed by atoms with van der Waals surface area (Å²) in [5, 5.41) is 6.03. The first-order valence-corrected chi connectivity index (χ1v) is 20.2. The predicted octanol–water partition coefficient (Wildman–Crippen LogP) is 4.98. The number of para-hydroxylation sites is 2. The van der Waals surface area contributed by atoms with Crippen molar-refractivity contribution in [3.05, 3.63) is 91.5 Å². The van der Waals surface area contributed by atoms with E-state index in [0.29, 0.717) is 79.0 Å². The standard InChI is InChI=1S/C39H49Br2N9O4/c1-39(50-33-8-3-2-6-30(33)46-38(50)54)13-20-49(21-14-39)37(53)47-32(24-25-22-28(40)34(43)29(41)23-25)35(51)45-31(7-4-5-15-42)36(52)48-18-11-27(12-19-48)26-9-16-44-17-10-26/h2-3,6,8-10,16-17,22-23,27,31-32H,4-5,7,11-15,18-21,24,42-43H2,1H3,(H,45,51)(H,46,54)(H,47,53)/t31-,32+/m0/s1. The van der Waals surface area contributed by atoms with Crippen molar-refractivity contribution in [3.8, 4) is 0 Å². The molecule has 0 spiro atoms. The number of benzene rings is 2. The van der Waals surface area contributed by atoms with Gasteiger partial charge in [-0.25, -0.2) is 9.59 Å². The number of imidazole rings is 1. The number of hydrogen-bond donors (Lipinski definition) is 5. The SMILES string of the molecule is CC1(n2c(=O)[nH]c3ccccc32)CCN(C(=O)N[C@H](Cc2cc(Br)c(N)c(Br)c2)C(=O)N[C@@H](CCCCN)C(=O)N2CCC(c3ccncc3)CC2)CC1. The van der Waals surface area contributed by atoms with E-state index in [4.69, 9.17) is 11.5 Å². The summed E-state index contributed by atoms with van der Waals surface area (Å²) in [5.74, 6) is -0.228. The Morgan fingerprint density at radius 2 is 1.61 bits per heavy atom. The number of nitrogens with two attached hydrogens (primary N) is 2. The molecule has 4 heterocycles. The number of fused-ring (bicyclic) bond motifs is 1. The summed E-state index contributed by atoms with van der Waals surface area (Å²) in [5.41, 5.74) is 15.4. The van der Waals surface area contributed by atoms with E-state index in [1.165, 1.54) is 5.56 Å². The molecule has 288 valence electrons. The summed E-state index contributed by atoms with van der Waals surface area (Å²) in [6.45, 7) is 4.47. The Hall–Kier alpha value is -4.21. The number of carbonyl (C=O) groups is 3. The van der Waals surface area contributed by atoms with Gasteiger partial charge in [0.25, 0.3) is 0 Å². The Labute approximate surface area is 331 Å². The first kappa shape index (κ1) is 39.5. The lowest BCUT2D eigenvalue weighted by Gasteiger charge is -2.40. The van der Waals surface area contributed by atoms with Crippen molar-refractivity contribution in [1.29, 1.82) is 0 Å². The van der Waals surface area contributed by atoms with Crippen LogP contribution in [0, 0.1) is 0 Å². The summed E-state index contributed by atoms with van der Waals surface area (Å²) < 4.78 is 3.11. The second-order valence-electron chi connectivity index (χ2n) is 14.7. The number of carbonyl (C=O) groups excluding carboxylic acids is 3. The zero-order valence-corrected chi connectivity index (χ0v) is 33.7. The molecular weight excluding hydrogens is 818 g/mol. The molecule has 4 aromatic rings. The molecule has 0 unspecified atom stereocenters. The Bertz CT molecular complexity index is 1980. The molecule has 0 bridgehead atoms. The van der Waals surface area contributed by atoms with Crippen molar-refractivity contribution in [2.45, 2.75) is 81.8 Å². The Morgan fingerprint density at radius 1 is 0.944 bits per heavy atom. The average Bonchev–Trinajstić information content (AvgIpc) is 3.53. The molecule has 54 heavy (non-hydrogen) atoms. The van der Waals surface area contributed by atoms with Crippen LogP contribution in [-0.4, -0.2) is 87.0 Å². The van der Waals surface area contributed by atoms with Crippen molar-refractivity contribution >= 4 is 66.4 Å². The van der Waals surface area contributed by atoms with Crippen LogP contribution in [0.5, 0.6) is 0 Å². The van der Waals surface area contributed by atoms with Gasteiger partial charge in [-0.05, 0) is 144 Å². The molecule has 2 aliphatic rings. The number of amides is 4. The third-order valence-electron chi connectivity index (χ3n) is 11.0. The monoisotopic (exact) mass is 865 g/mol. The molecule has 0 radical (unpaired) electrons. The third-order valence-corrected chi connectivity index (χ3v) is 12.3. The van der Waals surface area contributed by atoms with E-state index in [9.17, 15) is 19.2 Å². The minimum Gasteiger partial charge on any atom is -0.397 e. The molecule has 15 heteroatoms. The summed E-state index contributed by atoms with van der Waals surface area (Å²) in [7, 11) is 0. The largest absolute Gasteiger partial charge is 0.397 e. The van der Waals surface area contributed by atoms with Crippen LogP contribution in [-0.2, 0) is 21.5 Å². The maximum atomic E-state index is 14.3. The summed E-state index contributed by atoms with van der Waals surface area (Å²) in [6.07, 6.45) is 8.31. The van der Waals surface area contributed by atoms with Gasteiger partial charge in [0.2, 0.25) is 11.8 Å². The van der Waals surface area contributed by atoms with Gasteiger partial charge >= 0.3 is 11.7 Å². The lowest BCUT2D eigenvalue weighted by Crippen LogP contribution is -2.58. The molecule has 4 amide bonds. The number of unbranched alkanes of at least 4 members (excludes halogenated alkanes) is 1. The van der Waals surface area contributed by atoms with Crippen molar-refractivity contribution in [2.75, 3.05) is 38.5 Å². The Morgan fingerprint density at radius 3 is 2.28 bits per heavy atom. The van der Waals surface area contributed by atoms with Crippen LogP contribution in [0.2, 0.25) is 0 Å². The van der Waals surface area contributed by atoms with E-state index in [0.717, 1.165) is 35.9 Å². The molecule has 13 nitrogen and oxygen atoms in total. The average molecular weight is 868 g/mol. The number of halogens is 2. The van der Waals surface area contributed by atoms with Crippen LogP contribution in [0.4, 0.5) is 10.5 Å². The number of nitrogen functional groups attached to an aromatic ring is 1. The third kappa shape index (κ3) is 9.01. The summed E-state index contributed by atoms with van der Waals surface area (Å²) in [6, 6.07) is 13.2. The fourth-order valence-electron chi connectivity index (χ4n) is 7.76. The zero-order chi connectivity index (χ0) is 38.4. The zero-order valence-electron chi connectivity index (χ0n) is 30.5. The highest BCUT2D eigenvalue weighted by Crippen LogP contribution is 2.33. The molecule has 2 saturated heterocycles. The molecule has 2 aliphatic heterocycles. The number of piperidine rings is 2. The van der Waals surface area contributed by atoms with Crippen LogP contribution in [0.25, 0.3) is 11.0 Å². The lowest BCUT2D eigenvalue weighted by molar-refractivity contribution is -0.138. The van der Waals surface area contributed by atoms with E-state index in [1.54, 1.807) is 21.9 Å². The van der Waals surface area contributed by atoms with Gasteiger partial charge in [-0.1, -0.05) is 12.1 Å². The van der Waals surface area contributed by atoms with E-state index in [-0.39, 0.29) is 24.0 Å². The van der Waals surface area contributed by atoms with Gasteiger partial charge < -0.3 is 36.9 Å². The smallest absolute Gasteiger partial charge is 0.326 e. The fourth-order valence-corrected chi connectivity index (χ4v) is 9.04. The van der Waals surface area contributed by atoms with Crippen LogP contribution in [0.3, 0.4) is 0 Å². The second kappa shape index (κ2) is 17.5. The minimum absolute atomic E-state index is 0.126. The van der Waals surface area contributed by atoms with Gasteiger partial charge in [-0.15, -0.1) is 0 Å². The molecule has 2 atom stereocenters. The fraction of sp³-hybridized carbons (Fsp3) is 0.462. The minimum atomic E-state index is -0.994. The second-order valence-corrected chi connectivity index (χ2v) is 16.4.